The van der Waals surface area contributed by atoms with E-state index in [-0.39, 0.29) is 33.3 Å². The lowest BCUT2D eigenvalue weighted by Gasteiger charge is -2.63. The summed E-state index contributed by atoms with van der Waals surface area (Å²) in [5.74, 6) is 2.49. The molecule has 4 fully saturated rings. The zero-order chi connectivity index (χ0) is 32.9. The molecule has 0 amide bonds. The van der Waals surface area contributed by atoms with Crippen molar-refractivity contribution in [2.75, 3.05) is 6.61 Å². The smallest absolute Gasteiger partial charge is 0.195 e. The summed E-state index contributed by atoms with van der Waals surface area (Å²) in [4.78, 5) is 0. The van der Waals surface area contributed by atoms with Crippen molar-refractivity contribution in [1.82, 2.24) is 0 Å². The molecule has 0 N–H and O–H groups in total. The van der Waals surface area contributed by atoms with Crippen molar-refractivity contribution < 1.29 is 18.3 Å². The van der Waals surface area contributed by atoms with Crippen LogP contribution in [-0.2, 0) is 18.3 Å². The van der Waals surface area contributed by atoms with Crippen molar-refractivity contribution in [2.45, 2.75) is 187 Å². The standard InChI is InChI=1S/C38H70O4Si2/c1-16-26-18-20-29-28-19-17-27-23-38(39-25-32-35(8,9)40-32,42-44(14,15)34(5,6)7)24-31(41-43(12,13)33(2,3)4)37(27,11)30(28)21-22-36(26,29)10/h17,26,28-32H,16,18-25H2,1-15H3/t26-,28-,29-,30-,31-,32+,36+,37-,38+/m0/s1. The molecular weight excluding hydrogens is 577 g/mol. The molecule has 1 heterocycles. The molecule has 6 heteroatoms. The average molecular weight is 647 g/mol. The van der Waals surface area contributed by atoms with E-state index in [1.165, 1.54) is 38.5 Å². The number of epoxide rings is 1. The highest BCUT2D eigenvalue weighted by molar-refractivity contribution is 6.74. The molecule has 4 aliphatic carbocycles. The maximum absolute atomic E-state index is 7.68. The van der Waals surface area contributed by atoms with Gasteiger partial charge in [0.2, 0.25) is 0 Å². The first kappa shape index (κ1) is 35.3. The van der Waals surface area contributed by atoms with Gasteiger partial charge in [0.1, 0.15) is 6.10 Å². The molecule has 1 saturated heterocycles. The minimum Gasteiger partial charge on any atom is -0.413 e. The minimum atomic E-state index is -2.17. The summed E-state index contributed by atoms with van der Waals surface area (Å²) >= 11 is 0. The van der Waals surface area contributed by atoms with Gasteiger partial charge in [-0.3, -0.25) is 0 Å². The molecule has 3 saturated carbocycles. The second-order valence-corrected chi connectivity index (χ2v) is 29.4. The Morgan fingerprint density at radius 1 is 0.886 bits per heavy atom. The van der Waals surface area contributed by atoms with E-state index in [2.05, 4.69) is 108 Å². The van der Waals surface area contributed by atoms with Gasteiger partial charge in [-0.2, -0.15) is 0 Å². The summed E-state index contributed by atoms with van der Waals surface area (Å²) in [6.07, 6.45) is 12.7. The number of hydrogen-bond acceptors (Lipinski definition) is 4. The number of fused-ring (bicyclic) bond motifs is 5. The number of rotatable bonds is 8. The Labute approximate surface area is 274 Å². The van der Waals surface area contributed by atoms with Crippen LogP contribution in [-0.4, -0.2) is 46.8 Å². The van der Waals surface area contributed by atoms with Crippen LogP contribution >= 0.6 is 0 Å². The minimum absolute atomic E-state index is 0.0169. The van der Waals surface area contributed by atoms with E-state index in [0.717, 1.165) is 30.6 Å². The summed E-state index contributed by atoms with van der Waals surface area (Å²) in [6.45, 7) is 36.6. The van der Waals surface area contributed by atoms with Gasteiger partial charge in [-0.15, -0.1) is 0 Å². The number of allylic oxidation sites excluding steroid dienone is 1. The molecule has 0 unspecified atom stereocenters. The molecule has 0 aromatic carbocycles. The van der Waals surface area contributed by atoms with Crippen molar-refractivity contribution in [3.8, 4) is 0 Å². The molecule has 5 aliphatic rings. The first-order valence-corrected chi connectivity index (χ1v) is 24.1. The molecule has 0 aromatic heterocycles. The van der Waals surface area contributed by atoms with Crippen LogP contribution in [0.1, 0.15) is 128 Å². The first-order valence-electron chi connectivity index (χ1n) is 18.3. The molecule has 1 aliphatic heterocycles. The molecular formula is C38H70O4Si2. The van der Waals surface area contributed by atoms with Gasteiger partial charge in [0.25, 0.3) is 0 Å². The molecule has 0 aromatic rings. The lowest BCUT2D eigenvalue weighted by atomic mass is 9.46. The molecule has 0 bridgehead atoms. The summed E-state index contributed by atoms with van der Waals surface area (Å²) in [5.41, 5.74) is 1.99. The monoisotopic (exact) mass is 646 g/mol. The Kier molecular flexibility index (Phi) is 8.85. The van der Waals surface area contributed by atoms with E-state index in [4.69, 9.17) is 18.3 Å². The van der Waals surface area contributed by atoms with Gasteiger partial charge in [0, 0.05) is 18.3 Å². The third-order valence-corrected chi connectivity index (χ3v) is 24.0. The van der Waals surface area contributed by atoms with Crippen LogP contribution in [0.4, 0.5) is 0 Å². The number of ether oxygens (including phenoxy) is 2. The molecule has 44 heavy (non-hydrogen) atoms. The summed E-state index contributed by atoms with van der Waals surface area (Å²) in [5, 5.41) is 0.229. The Bertz CT molecular complexity index is 1110. The third-order valence-electron chi connectivity index (χ3n) is 15.0. The zero-order valence-corrected chi connectivity index (χ0v) is 33.5. The SMILES string of the molecule is CC[C@H]1CC[C@H]2[C@@H]3CC=C4C[C@@](OC[C@H]5OC5(C)C)(O[Si](C)(C)C(C)(C)C)C[C@H](O[Si](C)(C)C(C)(C)C)[C@]4(C)[C@H]3CC[C@]12C. The van der Waals surface area contributed by atoms with Gasteiger partial charge in [-0.25, -0.2) is 0 Å². The highest BCUT2D eigenvalue weighted by atomic mass is 28.4. The molecule has 5 rings (SSSR count). The van der Waals surface area contributed by atoms with Crippen LogP contribution < -0.4 is 0 Å². The highest BCUT2D eigenvalue weighted by Gasteiger charge is 2.65. The Morgan fingerprint density at radius 3 is 2.05 bits per heavy atom. The van der Waals surface area contributed by atoms with Crippen LogP contribution in [0.5, 0.6) is 0 Å². The maximum Gasteiger partial charge on any atom is 0.195 e. The van der Waals surface area contributed by atoms with Crippen molar-refractivity contribution in [2.24, 2.45) is 34.5 Å². The Morgan fingerprint density at radius 2 is 1.50 bits per heavy atom. The summed E-state index contributed by atoms with van der Waals surface area (Å²) < 4.78 is 28.4. The van der Waals surface area contributed by atoms with Crippen molar-refractivity contribution in [1.29, 1.82) is 0 Å². The van der Waals surface area contributed by atoms with Crippen molar-refractivity contribution >= 4 is 16.6 Å². The topological polar surface area (TPSA) is 40.2 Å². The predicted octanol–water partition coefficient (Wildman–Crippen LogP) is 10.9. The van der Waals surface area contributed by atoms with Gasteiger partial charge >= 0.3 is 0 Å². The Balaban J connectivity index is 1.57. The third kappa shape index (κ3) is 5.84. The van der Waals surface area contributed by atoms with E-state index in [0.29, 0.717) is 17.9 Å². The average Bonchev–Trinajstić information content (AvgIpc) is 3.33. The number of hydrogen-bond donors (Lipinski definition) is 0. The zero-order valence-electron chi connectivity index (χ0n) is 31.5. The van der Waals surface area contributed by atoms with E-state index in [1.807, 2.05) is 0 Å². The van der Waals surface area contributed by atoms with E-state index in [1.54, 1.807) is 5.57 Å². The van der Waals surface area contributed by atoms with Gasteiger partial charge in [-0.05, 0) is 111 Å². The largest absolute Gasteiger partial charge is 0.413 e. The molecule has 9 atom stereocenters. The molecule has 4 nitrogen and oxygen atoms in total. The van der Waals surface area contributed by atoms with Gasteiger partial charge in [0.05, 0.1) is 18.3 Å². The van der Waals surface area contributed by atoms with Crippen LogP contribution in [0.2, 0.25) is 36.3 Å². The predicted molar refractivity (Wildman–Crippen MR) is 189 cm³/mol. The van der Waals surface area contributed by atoms with Crippen molar-refractivity contribution in [3.05, 3.63) is 11.6 Å². The van der Waals surface area contributed by atoms with Crippen LogP contribution in [0.25, 0.3) is 0 Å². The van der Waals surface area contributed by atoms with Crippen LogP contribution in [0, 0.1) is 34.5 Å². The van der Waals surface area contributed by atoms with E-state index >= 15 is 0 Å². The van der Waals surface area contributed by atoms with Crippen LogP contribution in [0.3, 0.4) is 0 Å². The van der Waals surface area contributed by atoms with E-state index in [9.17, 15) is 0 Å². The quantitative estimate of drug-likeness (QED) is 0.114. The van der Waals surface area contributed by atoms with Gasteiger partial charge in [-0.1, -0.05) is 80.4 Å². The lowest BCUT2D eigenvalue weighted by molar-refractivity contribution is -0.237. The fraction of sp³-hybridized carbons (Fsp3) is 0.947. The lowest BCUT2D eigenvalue weighted by Crippen LogP contribution is -2.64. The highest BCUT2D eigenvalue weighted by Crippen LogP contribution is 2.68. The summed E-state index contributed by atoms with van der Waals surface area (Å²) in [7, 11) is -4.26. The van der Waals surface area contributed by atoms with E-state index < -0.39 is 22.4 Å². The van der Waals surface area contributed by atoms with Gasteiger partial charge < -0.3 is 18.3 Å². The fourth-order valence-corrected chi connectivity index (χ4v) is 12.6. The molecule has 0 radical (unpaired) electrons. The van der Waals surface area contributed by atoms with Crippen molar-refractivity contribution in [3.63, 3.8) is 0 Å². The molecule has 0 spiro atoms. The molecule has 254 valence electrons. The first-order chi connectivity index (χ1) is 19.9. The van der Waals surface area contributed by atoms with Crippen LogP contribution in [0.15, 0.2) is 11.6 Å². The Hall–Kier alpha value is 0.0138. The van der Waals surface area contributed by atoms with Gasteiger partial charge in [0.15, 0.2) is 22.4 Å². The fourth-order valence-electron chi connectivity index (χ4n) is 9.77. The second kappa shape index (κ2) is 11.0. The normalized spacial score (nSPS) is 42.3. The maximum atomic E-state index is 7.68. The second-order valence-electron chi connectivity index (χ2n) is 19.9. The summed E-state index contributed by atoms with van der Waals surface area (Å²) in [6, 6.07) is 0.